The minimum absolute atomic E-state index is 0.0509. The van der Waals surface area contributed by atoms with Gasteiger partial charge in [0.15, 0.2) is 11.7 Å². The lowest BCUT2D eigenvalue weighted by Gasteiger charge is -2.17. The number of carbonyl (C=O) groups is 2. The summed E-state index contributed by atoms with van der Waals surface area (Å²) in [6, 6.07) is 0. The van der Waals surface area contributed by atoms with Gasteiger partial charge >= 0.3 is 5.97 Å². The minimum atomic E-state index is -1.17. The van der Waals surface area contributed by atoms with Gasteiger partial charge in [-0.15, -0.1) is 0 Å². The Hall–Kier alpha value is -1.58. The smallest absolute Gasteiger partial charge is 0.329 e. The Morgan fingerprint density at radius 3 is 2.75 bits per heavy atom. The van der Waals surface area contributed by atoms with Gasteiger partial charge < -0.3 is 9.84 Å². The van der Waals surface area contributed by atoms with Crippen molar-refractivity contribution in [1.82, 2.24) is 0 Å². The quantitative estimate of drug-likeness (QED) is 0.462. The number of ether oxygens (including phenoxy) is 1. The number of Topliss-reactive ketones (excluding diaryl/α,β-unsaturated/α-hetero) is 1. The molecule has 0 radical (unpaired) electrons. The highest BCUT2D eigenvalue weighted by molar-refractivity contribution is 6.01. The van der Waals surface area contributed by atoms with E-state index in [-0.39, 0.29) is 11.5 Å². The van der Waals surface area contributed by atoms with Crippen molar-refractivity contribution in [2.24, 2.45) is 5.92 Å². The maximum atomic E-state index is 11.0. The van der Waals surface area contributed by atoms with Gasteiger partial charge in [0, 0.05) is 6.08 Å². The Bertz CT molecular complexity index is 287. The second-order valence-electron chi connectivity index (χ2n) is 2.50. The zero-order valence-corrected chi connectivity index (χ0v) is 6.53. The van der Waals surface area contributed by atoms with Gasteiger partial charge in [-0.2, -0.15) is 0 Å². The maximum Gasteiger partial charge on any atom is 0.329 e. The fourth-order valence-corrected chi connectivity index (χ4v) is 0.961. The Balaban J connectivity index is 3.01. The molecule has 1 aliphatic heterocycles. The standard InChI is InChI=1S/C8H8O4/c1-4-3-6(10)7(5(2)9)8(11)12-4/h3,7,10H,1H2,2H3. The molecule has 0 saturated heterocycles. The fourth-order valence-electron chi connectivity index (χ4n) is 0.961. The summed E-state index contributed by atoms with van der Waals surface area (Å²) < 4.78 is 4.54. The number of allylic oxidation sites excluding steroid dienone is 1. The molecule has 0 aliphatic carbocycles. The van der Waals surface area contributed by atoms with E-state index in [0.717, 1.165) is 6.08 Å². The van der Waals surface area contributed by atoms with Gasteiger partial charge in [0.1, 0.15) is 11.5 Å². The molecule has 0 spiro atoms. The van der Waals surface area contributed by atoms with Gasteiger partial charge in [0.05, 0.1) is 0 Å². The molecule has 1 atom stereocenters. The average molecular weight is 168 g/mol. The van der Waals surface area contributed by atoms with E-state index in [0.29, 0.717) is 0 Å². The second kappa shape index (κ2) is 2.81. The van der Waals surface area contributed by atoms with E-state index in [4.69, 9.17) is 5.11 Å². The van der Waals surface area contributed by atoms with E-state index in [1.54, 1.807) is 0 Å². The Morgan fingerprint density at radius 2 is 2.33 bits per heavy atom. The third-order valence-corrected chi connectivity index (χ3v) is 1.48. The van der Waals surface area contributed by atoms with Gasteiger partial charge in [-0.1, -0.05) is 6.58 Å². The van der Waals surface area contributed by atoms with E-state index in [1.807, 2.05) is 0 Å². The number of hydrogen-bond acceptors (Lipinski definition) is 4. The lowest BCUT2D eigenvalue weighted by molar-refractivity contribution is -0.147. The molecule has 1 unspecified atom stereocenters. The number of esters is 1. The van der Waals surface area contributed by atoms with Gasteiger partial charge in [0.25, 0.3) is 0 Å². The van der Waals surface area contributed by atoms with Crippen LogP contribution in [0.1, 0.15) is 6.92 Å². The molecule has 1 heterocycles. The molecule has 0 aromatic heterocycles. The van der Waals surface area contributed by atoms with Crippen molar-refractivity contribution in [3.8, 4) is 0 Å². The average Bonchev–Trinajstić information content (AvgIpc) is 1.82. The van der Waals surface area contributed by atoms with Gasteiger partial charge in [0.2, 0.25) is 0 Å². The molecule has 64 valence electrons. The first-order valence-corrected chi connectivity index (χ1v) is 3.34. The number of ketones is 1. The van der Waals surface area contributed by atoms with Crippen LogP contribution in [0.5, 0.6) is 0 Å². The van der Waals surface area contributed by atoms with Crippen LogP contribution in [0.2, 0.25) is 0 Å². The van der Waals surface area contributed by atoms with Crippen LogP contribution in [-0.2, 0) is 14.3 Å². The maximum absolute atomic E-state index is 11.0. The summed E-state index contributed by atoms with van der Waals surface area (Å²) in [5.74, 6) is -2.64. The number of cyclic esters (lactones) is 1. The van der Waals surface area contributed by atoms with Crippen molar-refractivity contribution >= 4 is 11.8 Å². The first-order valence-electron chi connectivity index (χ1n) is 3.34. The predicted molar refractivity (Wildman–Crippen MR) is 40.1 cm³/mol. The fraction of sp³-hybridized carbons (Fsp3) is 0.250. The molecule has 0 saturated carbocycles. The van der Waals surface area contributed by atoms with Crippen molar-refractivity contribution in [3.63, 3.8) is 0 Å². The highest BCUT2D eigenvalue weighted by Crippen LogP contribution is 2.20. The van der Waals surface area contributed by atoms with Crippen molar-refractivity contribution < 1.29 is 19.4 Å². The van der Waals surface area contributed by atoms with Gasteiger partial charge in [-0.05, 0) is 6.92 Å². The summed E-state index contributed by atoms with van der Waals surface area (Å²) >= 11 is 0. The van der Waals surface area contributed by atoms with E-state index in [9.17, 15) is 9.59 Å². The van der Waals surface area contributed by atoms with Crippen LogP contribution in [0, 0.1) is 5.92 Å². The normalized spacial score (nSPS) is 23.1. The monoisotopic (exact) mass is 168 g/mol. The van der Waals surface area contributed by atoms with E-state index in [2.05, 4.69) is 11.3 Å². The molecule has 0 amide bonds. The first-order chi connectivity index (χ1) is 5.52. The highest BCUT2D eigenvalue weighted by atomic mass is 16.5. The molecule has 1 aliphatic rings. The van der Waals surface area contributed by atoms with E-state index < -0.39 is 17.7 Å². The molecule has 0 bridgehead atoms. The van der Waals surface area contributed by atoms with E-state index >= 15 is 0 Å². The molecular weight excluding hydrogens is 160 g/mol. The Morgan fingerprint density at radius 1 is 1.75 bits per heavy atom. The topological polar surface area (TPSA) is 63.6 Å². The molecule has 0 fully saturated rings. The van der Waals surface area contributed by atoms with Crippen LogP contribution in [0.4, 0.5) is 0 Å². The lowest BCUT2D eigenvalue weighted by atomic mass is 10.0. The third-order valence-electron chi connectivity index (χ3n) is 1.48. The Labute approximate surface area is 69.1 Å². The third kappa shape index (κ3) is 1.37. The van der Waals surface area contributed by atoms with Crippen LogP contribution < -0.4 is 0 Å². The summed E-state index contributed by atoms with van der Waals surface area (Å²) in [5, 5.41) is 9.16. The number of carbonyl (C=O) groups excluding carboxylic acids is 2. The Kier molecular flexibility index (Phi) is 1.99. The molecule has 4 heteroatoms. The predicted octanol–water partition coefficient (Wildman–Crippen LogP) is 0.704. The summed E-state index contributed by atoms with van der Waals surface area (Å²) in [6.07, 6.45) is 1.16. The van der Waals surface area contributed by atoms with Crippen molar-refractivity contribution in [2.45, 2.75) is 6.92 Å². The SMILES string of the molecule is C=C1C=C(O)C(C(C)=O)C(=O)O1. The van der Waals surface area contributed by atoms with Crippen LogP contribution >= 0.6 is 0 Å². The summed E-state index contributed by atoms with van der Waals surface area (Å²) in [4.78, 5) is 21.7. The molecule has 12 heavy (non-hydrogen) atoms. The zero-order chi connectivity index (χ0) is 9.30. The number of aliphatic hydroxyl groups is 1. The summed E-state index contributed by atoms with van der Waals surface area (Å²) in [5.41, 5.74) is 0. The summed E-state index contributed by atoms with van der Waals surface area (Å²) in [6.45, 7) is 4.53. The number of aliphatic hydroxyl groups excluding tert-OH is 1. The molecular formula is C8H8O4. The molecule has 0 aromatic carbocycles. The number of hydrogen-bond donors (Lipinski definition) is 1. The molecule has 4 nitrogen and oxygen atoms in total. The first kappa shape index (κ1) is 8.52. The number of rotatable bonds is 1. The van der Waals surface area contributed by atoms with Crippen LogP contribution in [-0.4, -0.2) is 16.9 Å². The van der Waals surface area contributed by atoms with Crippen molar-refractivity contribution in [2.75, 3.05) is 0 Å². The van der Waals surface area contributed by atoms with E-state index in [1.165, 1.54) is 6.92 Å². The van der Waals surface area contributed by atoms with Crippen LogP contribution in [0.3, 0.4) is 0 Å². The second-order valence-corrected chi connectivity index (χ2v) is 2.50. The molecule has 1 N–H and O–H groups in total. The van der Waals surface area contributed by atoms with Crippen molar-refractivity contribution in [3.05, 3.63) is 24.2 Å². The van der Waals surface area contributed by atoms with Crippen LogP contribution in [0.25, 0.3) is 0 Å². The van der Waals surface area contributed by atoms with Crippen molar-refractivity contribution in [1.29, 1.82) is 0 Å². The largest absolute Gasteiger partial charge is 0.511 e. The zero-order valence-electron chi connectivity index (χ0n) is 6.53. The molecule has 0 aromatic rings. The lowest BCUT2D eigenvalue weighted by Crippen LogP contribution is -2.28. The van der Waals surface area contributed by atoms with Gasteiger partial charge in [-0.25, -0.2) is 0 Å². The van der Waals surface area contributed by atoms with Gasteiger partial charge in [-0.3, -0.25) is 9.59 Å². The summed E-state index contributed by atoms with van der Waals surface area (Å²) in [7, 11) is 0. The highest BCUT2D eigenvalue weighted by Gasteiger charge is 2.33. The van der Waals surface area contributed by atoms with Crippen LogP contribution in [0.15, 0.2) is 24.2 Å². The molecule has 1 rings (SSSR count). The minimum Gasteiger partial charge on any atom is -0.511 e.